The van der Waals surface area contributed by atoms with Crippen molar-refractivity contribution in [2.45, 2.75) is 6.10 Å². The van der Waals surface area contributed by atoms with E-state index in [1.54, 1.807) is 6.07 Å². The fourth-order valence-electron chi connectivity index (χ4n) is 2.74. The molecule has 8 nitrogen and oxygen atoms in total. The van der Waals surface area contributed by atoms with Crippen LogP contribution in [-0.2, 0) is 19.1 Å². The van der Waals surface area contributed by atoms with E-state index in [0.29, 0.717) is 34.0 Å². The second-order valence-corrected chi connectivity index (χ2v) is 7.07. The SMILES string of the molecule is [B]c1c(OC)c(OC)cc2c1OCC1C2=NOC1COS(C)(=O)=O. The van der Waals surface area contributed by atoms with Crippen LogP contribution in [0.1, 0.15) is 5.56 Å². The quantitative estimate of drug-likeness (QED) is 0.525. The summed E-state index contributed by atoms with van der Waals surface area (Å²) < 4.78 is 43.4. The fraction of sp³-hybridized carbons (Fsp3) is 0.500. The predicted molar refractivity (Wildman–Crippen MR) is 86.1 cm³/mol. The molecule has 0 aromatic heterocycles. The van der Waals surface area contributed by atoms with Crippen LogP contribution in [0.5, 0.6) is 17.2 Å². The van der Waals surface area contributed by atoms with Crippen molar-refractivity contribution in [3.8, 4) is 17.2 Å². The number of oxime groups is 1. The van der Waals surface area contributed by atoms with E-state index in [2.05, 4.69) is 5.16 Å². The minimum absolute atomic E-state index is 0.141. The molecule has 0 saturated heterocycles. The van der Waals surface area contributed by atoms with Crippen molar-refractivity contribution in [1.29, 1.82) is 0 Å². The molecule has 0 amide bonds. The van der Waals surface area contributed by atoms with Gasteiger partial charge in [0.25, 0.3) is 10.1 Å². The highest BCUT2D eigenvalue weighted by atomic mass is 32.2. The van der Waals surface area contributed by atoms with Crippen molar-refractivity contribution in [3.05, 3.63) is 11.6 Å². The molecule has 2 aliphatic rings. The molecule has 0 N–H and O–H groups in total. The Hall–Kier alpha value is -1.94. The Kier molecular flexibility index (Phi) is 4.35. The van der Waals surface area contributed by atoms with E-state index in [1.807, 2.05) is 0 Å². The summed E-state index contributed by atoms with van der Waals surface area (Å²) in [5.41, 5.74) is 1.55. The van der Waals surface area contributed by atoms with Crippen LogP contribution < -0.4 is 19.7 Å². The summed E-state index contributed by atoms with van der Waals surface area (Å²) >= 11 is 0. The molecule has 128 valence electrons. The van der Waals surface area contributed by atoms with Gasteiger partial charge in [0.1, 0.15) is 32.5 Å². The zero-order valence-corrected chi connectivity index (χ0v) is 14.3. The van der Waals surface area contributed by atoms with Gasteiger partial charge in [-0.3, -0.25) is 4.18 Å². The Bertz CT molecular complexity index is 793. The number of hydrogen-bond acceptors (Lipinski definition) is 8. The zero-order valence-electron chi connectivity index (χ0n) is 13.4. The maximum Gasteiger partial charge on any atom is 0.264 e. The summed E-state index contributed by atoms with van der Waals surface area (Å²) in [6, 6.07) is 1.71. The second-order valence-electron chi connectivity index (χ2n) is 5.43. The molecule has 24 heavy (non-hydrogen) atoms. The summed E-state index contributed by atoms with van der Waals surface area (Å²) in [7, 11) is 5.52. The van der Waals surface area contributed by atoms with E-state index < -0.39 is 16.2 Å². The molecule has 3 rings (SSSR count). The van der Waals surface area contributed by atoms with Gasteiger partial charge in [-0.05, 0) is 11.5 Å². The fourth-order valence-corrected chi connectivity index (χ4v) is 3.12. The first-order valence-electron chi connectivity index (χ1n) is 7.11. The molecule has 0 aliphatic carbocycles. The molecule has 0 bridgehead atoms. The Morgan fingerprint density at radius 2 is 2.12 bits per heavy atom. The summed E-state index contributed by atoms with van der Waals surface area (Å²) in [5, 5.41) is 4.06. The molecule has 10 heteroatoms. The predicted octanol–water partition coefficient (Wildman–Crippen LogP) is -0.415. The van der Waals surface area contributed by atoms with Gasteiger partial charge < -0.3 is 19.0 Å². The van der Waals surface area contributed by atoms with Crippen molar-refractivity contribution >= 4 is 29.1 Å². The first kappa shape index (κ1) is 16.9. The molecule has 0 saturated carbocycles. The molecular formula is C14H16BNO7S. The van der Waals surface area contributed by atoms with Crippen LogP contribution in [0.4, 0.5) is 0 Å². The van der Waals surface area contributed by atoms with Crippen molar-refractivity contribution in [3.63, 3.8) is 0 Å². The highest BCUT2D eigenvalue weighted by Crippen LogP contribution is 2.38. The molecule has 2 atom stereocenters. The maximum absolute atomic E-state index is 11.2. The van der Waals surface area contributed by atoms with Crippen molar-refractivity contribution in [2.75, 3.05) is 33.7 Å². The van der Waals surface area contributed by atoms with Gasteiger partial charge in [-0.25, -0.2) is 0 Å². The average Bonchev–Trinajstić information content (AvgIpc) is 2.95. The monoisotopic (exact) mass is 353 g/mol. The molecule has 2 radical (unpaired) electrons. The lowest BCUT2D eigenvalue weighted by molar-refractivity contribution is 0.0176. The number of methoxy groups -OCH3 is 2. The third kappa shape index (κ3) is 2.91. The smallest absolute Gasteiger partial charge is 0.264 e. The Labute approximate surface area is 141 Å². The Morgan fingerprint density at radius 1 is 1.38 bits per heavy atom. The Morgan fingerprint density at radius 3 is 2.75 bits per heavy atom. The van der Waals surface area contributed by atoms with Gasteiger partial charge >= 0.3 is 0 Å². The third-order valence-corrected chi connectivity index (χ3v) is 4.44. The molecule has 2 heterocycles. The zero-order chi connectivity index (χ0) is 17.5. The average molecular weight is 353 g/mol. The van der Waals surface area contributed by atoms with Gasteiger partial charge in [0.2, 0.25) is 0 Å². The normalized spacial score (nSPS) is 21.9. The number of benzene rings is 1. The molecular weight excluding hydrogens is 337 g/mol. The highest BCUT2D eigenvalue weighted by molar-refractivity contribution is 7.85. The lowest BCUT2D eigenvalue weighted by Crippen LogP contribution is -2.38. The van der Waals surface area contributed by atoms with Crippen molar-refractivity contribution < 1.29 is 31.6 Å². The van der Waals surface area contributed by atoms with Gasteiger partial charge in [0.15, 0.2) is 17.6 Å². The van der Waals surface area contributed by atoms with Crippen LogP contribution in [0.25, 0.3) is 0 Å². The van der Waals surface area contributed by atoms with Crippen LogP contribution in [0.15, 0.2) is 11.2 Å². The summed E-state index contributed by atoms with van der Waals surface area (Å²) in [4.78, 5) is 5.33. The van der Waals surface area contributed by atoms with Gasteiger partial charge in [0, 0.05) is 5.56 Å². The largest absolute Gasteiger partial charge is 0.493 e. The number of hydrogen-bond donors (Lipinski definition) is 0. The molecule has 0 fully saturated rings. The van der Waals surface area contributed by atoms with Crippen LogP contribution >= 0.6 is 0 Å². The van der Waals surface area contributed by atoms with Crippen molar-refractivity contribution in [1.82, 2.24) is 0 Å². The van der Waals surface area contributed by atoms with Crippen LogP contribution in [0.3, 0.4) is 0 Å². The Balaban J connectivity index is 1.92. The molecule has 2 unspecified atom stereocenters. The first-order chi connectivity index (χ1) is 11.4. The molecule has 1 aromatic rings. The number of ether oxygens (including phenoxy) is 3. The second kappa shape index (κ2) is 6.17. The molecule has 0 spiro atoms. The van der Waals surface area contributed by atoms with Crippen molar-refractivity contribution in [2.24, 2.45) is 11.1 Å². The summed E-state index contributed by atoms with van der Waals surface area (Å²) in [6.07, 6.45) is 0.422. The molecule has 2 aliphatic heterocycles. The van der Waals surface area contributed by atoms with Gasteiger partial charge in [-0.2, -0.15) is 8.42 Å². The van der Waals surface area contributed by atoms with E-state index in [1.165, 1.54) is 14.2 Å². The van der Waals surface area contributed by atoms with Gasteiger partial charge in [-0.1, -0.05) is 5.16 Å². The number of nitrogens with zero attached hydrogens (tertiary/aromatic N) is 1. The summed E-state index contributed by atoms with van der Waals surface area (Å²) in [6.45, 7) is 0.0985. The lowest BCUT2D eigenvalue weighted by atomic mass is 9.84. The van der Waals surface area contributed by atoms with Gasteiger partial charge in [0.05, 0.1) is 26.4 Å². The number of fused-ring (bicyclic) bond motifs is 3. The van der Waals surface area contributed by atoms with Crippen LogP contribution in [0, 0.1) is 5.92 Å². The molecule has 1 aromatic carbocycles. The van der Waals surface area contributed by atoms with E-state index in [0.717, 1.165) is 6.26 Å². The van der Waals surface area contributed by atoms with Gasteiger partial charge in [-0.15, -0.1) is 0 Å². The number of rotatable bonds is 5. The topological polar surface area (TPSA) is 92.7 Å². The van der Waals surface area contributed by atoms with E-state index in [9.17, 15) is 8.42 Å². The van der Waals surface area contributed by atoms with E-state index in [-0.39, 0.29) is 19.1 Å². The third-order valence-electron chi connectivity index (χ3n) is 3.87. The van der Waals surface area contributed by atoms with Crippen LogP contribution in [-0.4, -0.2) is 61.8 Å². The van der Waals surface area contributed by atoms with E-state index in [4.69, 9.17) is 31.1 Å². The standard InChI is InChI=1S/C14H16BNO7S/c1-19-9-4-7-12-8(5-21-13(7)11(15)14(9)20-2)10(23-16-12)6-22-24(3,17)18/h4,8,10H,5-6H2,1-3H3. The lowest BCUT2D eigenvalue weighted by Gasteiger charge is -2.27. The minimum atomic E-state index is -3.56. The summed E-state index contributed by atoms with van der Waals surface area (Å²) in [5.74, 6) is 0.996. The highest BCUT2D eigenvalue weighted by Gasteiger charge is 2.41. The maximum atomic E-state index is 11.2. The first-order valence-corrected chi connectivity index (χ1v) is 8.93. The minimum Gasteiger partial charge on any atom is -0.493 e. The van der Waals surface area contributed by atoms with Crippen LogP contribution in [0.2, 0.25) is 0 Å². The van der Waals surface area contributed by atoms with E-state index >= 15 is 0 Å².